The van der Waals surface area contributed by atoms with E-state index in [2.05, 4.69) is 15.4 Å². The molecule has 132 valence electrons. The summed E-state index contributed by atoms with van der Waals surface area (Å²) in [4.78, 5) is 23.5. The van der Waals surface area contributed by atoms with Crippen molar-refractivity contribution in [3.63, 3.8) is 0 Å². The Balaban J connectivity index is 1.87. The first kappa shape index (κ1) is 18.3. The maximum Gasteiger partial charge on any atom is 0.337 e. The molecule has 0 bridgehead atoms. The van der Waals surface area contributed by atoms with Gasteiger partial charge in [-0.1, -0.05) is 6.07 Å². The van der Waals surface area contributed by atoms with E-state index >= 15 is 0 Å². The van der Waals surface area contributed by atoms with E-state index in [4.69, 9.17) is 4.74 Å². The first-order valence-electron chi connectivity index (χ1n) is 7.96. The topological polar surface area (TPSA) is 76.7 Å². The van der Waals surface area contributed by atoms with Crippen LogP contribution in [0.3, 0.4) is 0 Å². The fourth-order valence-corrected chi connectivity index (χ4v) is 2.15. The van der Waals surface area contributed by atoms with Crippen molar-refractivity contribution in [1.29, 1.82) is 0 Å². The van der Waals surface area contributed by atoms with Gasteiger partial charge in [0.05, 0.1) is 25.3 Å². The van der Waals surface area contributed by atoms with Crippen LogP contribution in [0.15, 0.2) is 48.5 Å². The largest absolute Gasteiger partial charge is 0.491 e. The van der Waals surface area contributed by atoms with Gasteiger partial charge in [-0.15, -0.1) is 0 Å². The predicted molar refractivity (Wildman–Crippen MR) is 97.1 cm³/mol. The van der Waals surface area contributed by atoms with Crippen LogP contribution in [0.5, 0.6) is 5.75 Å². The second-order valence-corrected chi connectivity index (χ2v) is 5.67. The standard InChI is InChI=1S/C19H22N2O4/c1-13(2)25-17-9-7-15(8-10-17)20-12-18(22)21-16-6-4-5-14(11-16)19(23)24-3/h4-11,13,20H,12H2,1-3H3,(H,21,22). The Kier molecular flexibility index (Phi) is 6.39. The Hall–Kier alpha value is -3.02. The van der Waals surface area contributed by atoms with Crippen molar-refractivity contribution in [3.05, 3.63) is 54.1 Å². The number of amides is 1. The zero-order chi connectivity index (χ0) is 18.2. The van der Waals surface area contributed by atoms with Crippen molar-refractivity contribution < 1.29 is 19.1 Å². The molecule has 0 heterocycles. The smallest absolute Gasteiger partial charge is 0.337 e. The normalized spacial score (nSPS) is 10.2. The van der Waals surface area contributed by atoms with E-state index in [1.165, 1.54) is 7.11 Å². The summed E-state index contributed by atoms with van der Waals surface area (Å²) in [6.45, 7) is 4.03. The van der Waals surface area contributed by atoms with Crippen LogP contribution >= 0.6 is 0 Å². The molecular formula is C19H22N2O4. The van der Waals surface area contributed by atoms with Crippen LogP contribution < -0.4 is 15.4 Å². The molecule has 0 saturated heterocycles. The number of anilines is 2. The van der Waals surface area contributed by atoms with Crippen molar-refractivity contribution in [2.45, 2.75) is 20.0 Å². The highest BCUT2D eigenvalue weighted by molar-refractivity contribution is 5.96. The number of rotatable bonds is 7. The third-order valence-electron chi connectivity index (χ3n) is 3.25. The number of benzene rings is 2. The van der Waals surface area contributed by atoms with E-state index in [9.17, 15) is 9.59 Å². The highest BCUT2D eigenvalue weighted by Gasteiger charge is 2.08. The summed E-state index contributed by atoms with van der Waals surface area (Å²) >= 11 is 0. The van der Waals surface area contributed by atoms with E-state index in [0.717, 1.165) is 11.4 Å². The molecule has 0 unspecified atom stereocenters. The Morgan fingerprint density at radius 2 is 1.76 bits per heavy atom. The van der Waals surface area contributed by atoms with Crippen molar-refractivity contribution >= 4 is 23.3 Å². The molecule has 0 atom stereocenters. The molecule has 6 nitrogen and oxygen atoms in total. The third kappa shape index (κ3) is 5.84. The molecule has 2 N–H and O–H groups in total. The molecule has 0 aliphatic carbocycles. The number of esters is 1. The zero-order valence-electron chi connectivity index (χ0n) is 14.5. The minimum absolute atomic E-state index is 0.104. The molecule has 0 saturated carbocycles. The van der Waals surface area contributed by atoms with Gasteiger partial charge in [0, 0.05) is 11.4 Å². The Labute approximate surface area is 147 Å². The SMILES string of the molecule is COC(=O)c1cccc(NC(=O)CNc2ccc(OC(C)C)cc2)c1. The fraction of sp³-hybridized carbons (Fsp3) is 0.263. The molecule has 0 aromatic heterocycles. The van der Waals surface area contributed by atoms with Crippen LogP contribution in [0.2, 0.25) is 0 Å². The maximum absolute atomic E-state index is 12.0. The molecule has 0 aliphatic rings. The lowest BCUT2D eigenvalue weighted by Crippen LogP contribution is -2.21. The maximum atomic E-state index is 12.0. The van der Waals surface area contributed by atoms with E-state index in [0.29, 0.717) is 11.3 Å². The van der Waals surface area contributed by atoms with Crippen LogP contribution in [0.4, 0.5) is 11.4 Å². The van der Waals surface area contributed by atoms with Gasteiger partial charge in [-0.25, -0.2) is 4.79 Å². The molecule has 0 aliphatic heterocycles. The lowest BCUT2D eigenvalue weighted by Gasteiger charge is -2.11. The number of hydrogen-bond donors (Lipinski definition) is 2. The minimum Gasteiger partial charge on any atom is -0.491 e. The van der Waals surface area contributed by atoms with Gasteiger partial charge in [-0.2, -0.15) is 0 Å². The lowest BCUT2D eigenvalue weighted by molar-refractivity contribution is -0.114. The summed E-state index contributed by atoms with van der Waals surface area (Å²) in [7, 11) is 1.31. The number of hydrogen-bond acceptors (Lipinski definition) is 5. The minimum atomic E-state index is -0.446. The summed E-state index contributed by atoms with van der Waals surface area (Å²) in [6, 6.07) is 14.0. The predicted octanol–water partition coefficient (Wildman–Crippen LogP) is 3.31. The number of ether oxygens (including phenoxy) is 2. The summed E-state index contributed by atoms with van der Waals surface area (Å²) in [5.74, 6) is 0.118. The van der Waals surface area contributed by atoms with Gasteiger partial charge in [0.1, 0.15) is 5.75 Å². The second kappa shape index (κ2) is 8.73. The van der Waals surface area contributed by atoms with E-state index < -0.39 is 5.97 Å². The molecule has 0 spiro atoms. The lowest BCUT2D eigenvalue weighted by atomic mass is 10.2. The average molecular weight is 342 g/mol. The van der Waals surface area contributed by atoms with Crippen molar-refractivity contribution in [2.75, 3.05) is 24.3 Å². The monoisotopic (exact) mass is 342 g/mol. The summed E-state index contributed by atoms with van der Waals surface area (Å²) < 4.78 is 10.2. The van der Waals surface area contributed by atoms with Crippen molar-refractivity contribution in [2.24, 2.45) is 0 Å². The van der Waals surface area contributed by atoms with Gasteiger partial charge < -0.3 is 20.1 Å². The highest BCUT2D eigenvalue weighted by atomic mass is 16.5. The Morgan fingerprint density at radius 3 is 2.40 bits per heavy atom. The molecule has 2 aromatic rings. The van der Waals surface area contributed by atoms with E-state index in [1.54, 1.807) is 24.3 Å². The molecule has 2 aromatic carbocycles. The number of methoxy groups -OCH3 is 1. The van der Waals surface area contributed by atoms with Crippen LogP contribution in [0.25, 0.3) is 0 Å². The number of carbonyl (C=O) groups excluding carboxylic acids is 2. The quantitative estimate of drug-likeness (QED) is 0.755. The van der Waals surface area contributed by atoms with Gasteiger partial charge in [0.25, 0.3) is 0 Å². The van der Waals surface area contributed by atoms with E-state index in [-0.39, 0.29) is 18.6 Å². The summed E-state index contributed by atoms with van der Waals surface area (Å²) in [6.07, 6.45) is 0.116. The van der Waals surface area contributed by atoms with Crippen molar-refractivity contribution in [1.82, 2.24) is 0 Å². The molecule has 0 fully saturated rings. The highest BCUT2D eigenvalue weighted by Crippen LogP contribution is 2.17. The first-order chi connectivity index (χ1) is 12.0. The van der Waals surface area contributed by atoms with E-state index in [1.807, 2.05) is 38.1 Å². The zero-order valence-corrected chi connectivity index (χ0v) is 14.5. The van der Waals surface area contributed by atoms with Crippen LogP contribution in [0, 0.1) is 0 Å². The number of nitrogens with one attached hydrogen (secondary N) is 2. The van der Waals surface area contributed by atoms with Gasteiger partial charge in [0.15, 0.2) is 0 Å². The number of carbonyl (C=O) groups is 2. The van der Waals surface area contributed by atoms with Crippen LogP contribution in [-0.2, 0) is 9.53 Å². The molecule has 1 amide bonds. The van der Waals surface area contributed by atoms with Crippen LogP contribution in [-0.4, -0.2) is 31.6 Å². The van der Waals surface area contributed by atoms with Gasteiger partial charge in [-0.05, 0) is 56.3 Å². The summed E-state index contributed by atoms with van der Waals surface area (Å²) in [5, 5.41) is 5.77. The fourth-order valence-electron chi connectivity index (χ4n) is 2.15. The van der Waals surface area contributed by atoms with Crippen molar-refractivity contribution in [3.8, 4) is 5.75 Å². The summed E-state index contributed by atoms with van der Waals surface area (Å²) in [5.41, 5.74) is 1.74. The molecule has 25 heavy (non-hydrogen) atoms. The molecule has 6 heteroatoms. The first-order valence-corrected chi connectivity index (χ1v) is 7.96. The third-order valence-corrected chi connectivity index (χ3v) is 3.25. The van der Waals surface area contributed by atoms with Crippen LogP contribution in [0.1, 0.15) is 24.2 Å². The molecule has 0 radical (unpaired) electrons. The Bertz CT molecular complexity index is 726. The molecular weight excluding hydrogens is 320 g/mol. The average Bonchev–Trinajstić information content (AvgIpc) is 2.60. The molecule has 2 rings (SSSR count). The van der Waals surface area contributed by atoms with Gasteiger partial charge in [0.2, 0.25) is 5.91 Å². The van der Waals surface area contributed by atoms with Gasteiger partial charge in [-0.3, -0.25) is 4.79 Å². The van der Waals surface area contributed by atoms with Gasteiger partial charge >= 0.3 is 5.97 Å². The Morgan fingerprint density at radius 1 is 1.04 bits per heavy atom. The second-order valence-electron chi connectivity index (χ2n) is 5.67.